The number of aryl methyl sites for hydroxylation is 1. The maximum Gasteiger partial charge on any atom is 0.337 e. The van der Waals surface area contributed by atoms with Crippen LogP contribution in [0.4, 0.5) is 0 Å². The number of nitrogens with zero attached hydrogens (tertiary/aromatic N) is 2. The second-order valence-corrected chi connectivity index (χ2v) is 10.8. The summed E-state index contributed by atoms with van der Waals surface area (Å²) in [6.07, 6.45) is 0. The van der Waals surface area contributed by atoms with Crippen molar-refractivity contribution in [2.24, 2.45) is 0 Å². The quantitative estimate of drug-likeness (QED) is 0.591. The molecule has 1 aliphatic heterocycles. The molecule has 1 saturated heterocycles. The predicted octanol–water partition coefficient (Wildman–Crippen LogP) is 1.49. The van der Waals surface area contributed by atoms with Gasteiger partial charge in [-0.05, 0) is 55.0 Å². The molecule has 2 aromatic rings. The van der Waals surface area contributed by atoms with Crippen molar-refractivity contribution in [2.45, 2.75) is 16.7 Å². The highest BCUT2D eigenvalue weighted by Crippen LogP contribution is 2.25. The Morgan fingerprint density at radius 1 is 0.839 bits per heavy atom. The van der Waals surface area contributed by atoms with E-state index in [9.17, 15) is 21.6 Å². The molecule has 3 rings (SSSR count). The number of benzene rings is 2. The van der Waals surface area contributed by atoms with E-state index in [1.165, 1.54) is 53.2 Å². The van der Waals surface area contributed by atoms with Crippen LogP contribution < -0.4 is 4.74 Å². The van der Waals surface area contributed by atoms with Gasteiger partial charge in [0.1, 0.15) is 5.75 Å². The van der Waals surface area contributed by atoms with Gasteiger partial charge in [-0.25, -0.2) is 21.6 Å². The molecule has 31 heavy (non-hydrogen) atoms. The molecule has 1 aliphatic rings. The van der Waals surface area contributed by atoms with Crippen molar-refractivity contribution >= 4 is 26.0 Å². The Morgan fingerprint density at radius 2 is 1.39 bits per heavy atom. The van der Waals surface area contributed by atoms with E-state index < -0.39 is 26.0 Å². The number of sulfonamides is 2. The Morgan fingerprint density at radius 3 is 1.87 bits per heavy atom. The fourth-order valence-electron chi connectivity index (χ4n) is 3.37. The van der Waals surface area contributed by atoms with Crippen LogP contribution in [0.25, 0.3) is 0 Å². The summed E-state index contributed by atoms with van der Waals surface area (Å²) in [4.78, 5) is 11.9. The second kappa shape index (κ2) is 8.95. The summed E-state index contributed by atoms with van der Waals surface area (Å²) in [6.45, 7) is 1.72. The number of carbonyl (C=O) groups excluding carboxylic acids is 1. The molecule has 1 heterocycles. The van der Waals surface area contributed by atoms with Crippen LogP contribution in [-0.2, 0) is 24.8 Å². The molecule has 0 radical (unpaired) electrons. The Balaban J connectivity index is 1.75. The van der Waals surface area contributed by atoms with Crippen LogP contribution in [0.3, 0.4) is 0 Å². The van der Waals surface area contributed by atoms with Gasteiger partial charge in [-0.3, -0.25) is 0 Å². The molecule has 0 N–H and O–H groups in total. The summed E-state index contributed by atoms with van der Waals surface area (Å²) in [5.74, 6) is -0.00662. The summed E-state index contributed by atoms with van der Waals surface area (Å²) in [7, 11) is -4.84. The van der Waals surface area contributed by atoms with Crippen molar-refractivity contribution in [3.05, 3.63) is 53.6 Å². The number of ether oxygens (including phenoxy) is 2. The average molecular weight is 469 g/mol. The summed E-state index contributed by atoms with van der Waals surface area (Å²) >= 11 is 0. The normalized spacial score (nSPS) is 16.1. The molecule has 9 nitrogen and oxygen atoms in total. The average Bonchev–Trinajstić information content (AvgIpc) is 2.78. The van der Waals surface area contributed by atoms with Crippen molar-refractivity contribution in [3.63, 3.8) is 0 Å². The molecule has 1 fully saturated rings. The third-order valence-corrected chi connectivity index (χ3v) is 9.08. The van der Waals surface area contributed by atoms with Gasteiger partial charge >= 0.3 is 5.97 Å². The van der Waals surface area contributed by atoms with Crippen LogP contribution in [0.15, 0.2) is 52.3 Å². The number of carbonyl (C=O) groups is 1. The Hall–Kier alpha value is -2.47. The molecule has 0 saturated carbocycles. The van der Waals surface area contributed by atoms with E-state index in [0.717, 1.165) is 0 Å². The summed E-state index contributed by atoms with van der Waals surface area (Å²) in [5.41, 5.74) is 0.672. The van der Waals surface area contributed by atoms with Crippen molar-refractivity contribution in [3.8, 4) is 5.75 Å². The number of rotatable bonds is 6. The van der Waals surface area contributed by atoms with E-state index in [-0.39, 0.29) is 41.5 Å². The fraction of sp³-hybridized carbons (Fsp3) is 0.350. The zero-order chi connectivity index (χ0) is 22.8. The Kier molecular flexibility index (Phi) is 6.70. The fourth-order valence-corrected chi connectivity index (χ4v) is 6.42. The van der Waals surface area contributed by atoms with Crippen LogP contribution in [0.1, 0.15) is 15.9 Å². The molecule has 168 valence electrons. The van der Waals surface area contributed by atoms with Crippen LogP contribution in [0, 0.1) is 6.92 Å². The van der Waals surface area contributed by atoms with E-state index in [0.29, 0.717) is 11.3 Å². The van der Waals surface area contributed by atoms with Crippen molar-refractivity contribution in [1.82, 2.24) is 8.61 Å². The van der Waals surface area contributed by atoms with E-state index >= 15 is 0 Å². The Bertz CT molecular complexity index is 1170. The molecule has 2 aromatic carbocycles. The maximum atomic E-state index is 13.1. The van der Waals surface area contributed by atoms with Gasteiger partial charge in [-0.15, -0.1) is 0 Å². The molecule has 0 spiro atoms. The van der Waals surface area contributed by atoms with Gasteiger partial charge in [-0.1, -0.05) is 0 Å². The van der Waals surface area contributed by atoms with Gasteiger partial charge in [-0.2, -0.15) is 8.61 Å². The zero-order valence-electron chi connectivity index (χ0n) is 17.4. The standard InChI is InChI=1S/C20H24N2O7S2/c1-15-14-16(20(23)29-3)4-9-19(15)31(26,27)22-12-10-21(11-13-22)30(24,25)18-7-5-17(28-2)6-8-18/h4-9,14H,10-13H2,1-3H3. The van der Waals surface area contributed by atoms with E-state index in [1.54, 1.807) is 19.1 Å². The topological polar surface area (TPSA) is 110 Å². The van der Waals surface area contributed by atoms with Crippen LogP contribution >= 0.6 is 0 Å². The highest BCUT2D eigenvalue weighted by atomic mass is 32.2. The lowest BCUT2D eigenvalue weighted by Crippen LogP contribution is -2.50. The monoisotopic (exact) mass is 468 g/mol. The lowest BCUT2D eigenvalue weighted by molar-refractivity contribution is 0.0600. The van der Waals surface area contributed by atoms with Crippen LogP contribution in [0.5, 0.6) is 5.75 Å². The number of hydrogen-bond acceptors (Lipinski definition) is 7. The van der Waals surface area contributed by atoms with Gasteiger partial charge in [0.15, 0.2) is 0 Å². The van der Waals surface area contributed by atoms with E-state index in [2.05, 4.69) is 4.74 Å². The SMILES string of the molecule is COC(=O)c1ccc(S(=O)(=O)N2CCN(S(=O)(=O)c3ccc(OC)cc3)CC2)c(C)c1. The third kappa shape index (κ3) is 4.59. The number of hydrogen-bond donors (Lipinski definition) is 0. The number of methoxy groups -OCH3 is 2. The first-order chi connectivity index (χ1) is 14.6. The number of piperazine rings is 1. The smallest absolute Gasteiger partial charge is 0.337 e. The first-order valence-electron chi connectivity index (χ1n) is 9.44. The minimum Gasteiger partial charge on any atom is -0.497 e. The molecule has 0 atom stereocenters. The third-order valence-electron chi connectivity index (χ3n) is 5.11. The molecule has 11 heteroatoms. The first-order valence-corrected chi connectivity index (χ1v) is 12.3. The van der Waals surface area contributed by atoms with E-state index in [4.69, 9.17) is 4.74 Å². The van der Waals surface area contributed by atoms with Gasteiger partial charge < -0.3 is 9.47 Å². The largest absolute Gasteiger partial charge is 0.497 e. The summed E-state index contributed by atoms with van der Waals surface area (Å²) in [6, 6.07) is 10.3. The van der Waals surface area contributed by atoms with Crippen molar-refractivity contribution in [2.75, 3.05) is 40.4 Å². The van der Waals surface area contributed by atoms with Gasteiger partial charge in [0.25, 0.3) is 0 Å². The highest BCUT2D eigenvalue weighted by molar-refractivity contribution is 7.89. The minimum atomic E-state index is -3.84. The Labute approximate surface area is 182 Å². The minimum absolute atomic E-state index is 0.0237. The summed E-state index contributed by atoms with van der Waals surface area (Å²) < 4.78 is 64.1. The molecule has 0 aromatic heterocycles. The zero-order valence-corrected chi connectivity index (χ0v) is 19.1. The lowest BCUT2D eigenvalue weighted by atomic mass is 10.1. The van der Waals surface area contributed by atoms with Gasteiger partial charge in [0.2, 0.25) is 20.0 Å². The van der Waals surface area contributed by atoms with Crippen LogP contribution in [0.2, 0.25) is 0 Å². The molecular formula is C20H24N2O7S2. The van der Waals surface area contributed by atoms with Crippen molar-refractivity contribution < 1.29 is 31.1 Å². The van der Waals surface area contributed by atoms with Gasteiger partial charge in [0.05, 0.1) is 29.6 Å². The highest BCUT2D eigenvalue weighted by Gasteiger charge is 2.34. The lowest BCUT2D eigenvalue weighted by Gasteiger charge is -2.33. The molecular weight excluding hydrogens is 444 g/mol. The van der Waals surface area contributed by atoms with Crippen LogP contribution in [-0.4, -0.2) is 71.8 Å². The molecule has 0 amide bonds. The summed E-state index contributed by atoms with van der Waals surface area (Å²) in [5, 5.41) is 0. The molecule has 0 bridgehead atoms. The van der Waals surface area contributed by atoms with Gasteiger partial charge in [0, 0.05) is 26.2 Å². The maximum absolute atomic E-state index is 13.1. The number of esters is 1. The van der Waals surface area contributed by atoms with Crippen molar-refractivity contribution in [1.29, 1.82) is 0 Å². The first kappa shape index (κ1) is 23.2. The second-order valence-electron chi connectivity index (χ2n) is 6.96. The molecule has 0 aliphatic carbocycles. The predicted molar refractivity (Wildman–Crippen MR) is 113 cm³/mol. The van der Waals surface area contributed by atoms with E-state index in [1.807, 2.05) is 0 Å². The molecule has 0 unspecified atom stereocenters.